The number of carbonyl (C=O) groups is 2. The van der Waals surface area contributed by atoms with Gasteiger partial charge in [-0.15, -0.1) is 0 Å². The number of rotatable bonds is 4. The molecule has 1 fully saturated rings. The summed E-state index contributed by atoms with van der Waals surface area (Å²) in [7, 11) is 0. The fourth-order valence-corrected chi connectivity index (χ4v) is 3.91. The van der Waals surface area contributed by atoms with E-state index in [1.807, 2.05) is 6.07 Å². The number of nitrogens with one attached hydrogen (secondary N) is 1. The third-order valence-corrected chi connectivity index (χ3v) is 5.64. The minimum atomic E-state index is -3.18. The molecule has 0 unspecified atom stereocenters. The van der Waals surface area contributed by atoms with Crippen LogP contribution in [0.25, 0.3) is 17.0 Å². The van der Waals surface area contributed by atoms with E-state index in [9.17, 15) is 23.5 Å². The highest BCUT2D eigenvalue weighted by Crippen LogP contribution is 2.41. The van der Waals surface area contributed by atoms with Crippen LogP contribution in [0.15, 0.2) is 53.3 Å². The largest absolute Gasteiger partial charge is 0.465 e. The molecule has 1 atom stereocenters. The molecule has 0 radical (unpaired) electrons. The molecule has 34 heavy (non-hydrogen) atoms. The summed E-state index contributed by atoms with van der Waals surface area (Å²) in [6, 6.07) is 9.20. The number of amides is 2. The first-order valence-corrected chi connectivity index (χ1v) is 10.3. The molecule has 12 heteroatoms. The maximum absolute atomic E-state index is 13.8. The molecule has 4 aromatic rings. The number of hydrogen-bond donors (Lipinski definition) is 2. The number of fused-ring (bicyclic) bond motifs is 1. The number of nitrogens with zero attached hydrogens (tertiary/aromatic N) is 5. The number of carboxylic acid groups (broad SMARTS) is 1. The summed E-state index contributed by atoms with van der Waals surface area (Å²) in [4.78, 5) is 33.2. The zero-order valence-corrected chi connectivity index (χ0v) is 17.8. The van der Waals surface area contributed by atoms with Gasteiger partial charge in [0, 0.05) is 23.9 Å². The number of anilines is 1. The Morgan fingerprint density at radius 2 is 2.09 bits per heavy atom. The Balaban J connectivity index is 1.41. The number of alkyl halides is 2. The second kappa shape index (κ2) is 7.90. The van der Waals surface area contributed by atoms with Crippen molar-refractivity contribution in [2.75, 3.05) is 11.9 Å². The minimum Gasteiger partial charge on any atom is -0.465 e. The van der Waals surface area contributed by atoms with E-state index < -0.39 is 31.0 Å². The van der Waals surface area contributed by atoms with Crippen molar-refractivity contribution in [2.24, 2.45) is 0 Å². The van der Waals surface area contributed by atoms with E-state index in [2.05, 4.69) is 20.4 Å². The first-order valence-electron chi connectivity index (χ1n) is 10.3. The quantitative estimate of drug-likeness (QED) is 0.464. The van der Waals surface area contributed by atoms with Gasteiger partial charge in [-0.3, -0.25) is 14.1 Å². The van der Waals surface area contributed by atoms with Gasteiger partial charge in [0.15, 0.2) is 0 Å². The van der Waals surface area contributed by atoms with E-state index in [-0.39, 0.29) is 17.6 Å². The van der Waals surface area contributed by atoms with Crippen molar-refractivity contribution in [1.29, 1.82) is 0 Å². The monoisotopic (exact) mass is 468 g/mol. The Labute approximate surface area is 190 Å². The van der Waals surface area contributed by atoms with Crippen molar-refractivity contribution in [3.63, 3.8) is 0 Å². The molecular weight excluding hydrogens is 450 g/mol. The summed E-state index contributed by atoms with van der Waals surface area (Å²) in [6.45, 7) is 0.871. The summed E-state index contributed by atoms with van der Waals surface area (Å²) < 4.78 is 34.4. The van der Waals surface area contributed by atoms with E-state index >= 15 is 0 Å². The number of aryl methyl sites for hydroxylation is 1. The molecule has 2 N–H and O–H groups in total. The SMILES string of the molecule is Cc1ccc(-c2noc([C@@H]3CC(F)(F)CN3C(=O)O)n2)cc1NC(=O)c1cnc2ccccn12. The van der Waals surface area contributed by atoms with Gasteiger partial charge in [0.25, 0.3) is 11.8 Å². The molecule has 0 aliphatic carbocycles. The van der Waals surface area contributed by atoms with Crippen molar-refractivity contribution in [3.05, 3.63) is 65.9 Å². The zero-order valence-electron chi connectivity index (χ0n) is 17.8. The summed E-state index contributed by atoms with van der Waals surface area (Å²) in [6.07, 6.45) is 0.972. The molecule has 1 aliphatic rings. The molecule has 5 rings (SSSR count). The fourth-order valence-electron chi connectivity index (χ4n) is 3.91. The zero-order chi connectivity index (χ0) is 24.0. The highest BCUT2D eigenvalue weighted by Gasteiger charge is 2.50. The maximum atomic E-state index is 13.8. The van der Waals surface area contributed by atoms with Gasteiger partial charge in [-0.05, 0) is 30.7 Å². The predicted octanol–water partition coefficient (Wildman–Crippen LogP) is 4.01. The van der Waals surface area contributed by atoms with Crippen LogP contribution in [0.4, 0.5) is 19.3 Å². The highest BCUT2D eigenvalue weighted by molar-refractivity contribution is 6.04. The predicted molar refractivity (Wildman–Crippen MR) is 115 cm³/mol. The molecule has 0 bridgehead atoms. The van der Waals surface area contributed by atoms with Gasteiger partial charge in [0.2, 0.25) is 11.7 Å². The fraction of sp³-hybridized carbons (Fsp3) is 0.227. The Bertz CT molecular complexity index is 1420. The number of halogens is 2. The molecule has 4 heterocycles. The standard InChI is InChI=1S/C22H18F2N6O4/c1-12-5-6-13(8-14(12)26-19(31)16-10-25-17-4-2-3-7-29(16)17)18-27-20(34-28-18)15-9-22(23,24)11-30(15)21(32)33/h2-8,10,15H,9,11H2,1H3,(H,26,31)(H,32,33)/t15-/m0/s1. The van der Waals surface area contributed by atoms with E-state index in [0.29, 0.717) is 27.5 Å². The van der Waals surface area contributed by atoms with Crippen molar-refractivity contribution in [1.82, 2.24) is 24.4 Å². The lowest BCUT2D eigenvalue weighted by Crippen LogP contribution is -2.31. The van der Waals surface area contributed by atoms with Crippen LogP contribution in [0.2, 0.25) is 0 Å². The topological polar surface area (TPSA) is 126 Å². The molecule has 10 nitrogen and oxygen atoms in total. The van der Waals surface area contributed by atoms with E-state index in [4.69, 9.17) is 4.52 Å². The normalized spacial score (nSPS) is 17.3. The molecule has 1 saturated heterocycles. The van der Waals surface area contributed by atoms with Crippen LogP contribution in [-0.2, 0) is 0 Å². The van der Waals surface area contributed by atoms with Crippen molar-refractivity contribution >= 4 is 23.3 Å². The number of imidazole rings is 1. The number of pyridine rings is 1. The molecule has 0 spiro atoms. The van der Waals surface area contributed by atoms with Crippen LogP contribution < -0.4 is 5.32 Å². The molecular formula is C22H18F2N6O4. The summed E-state index contributed by atoms with van der Waals surface area (Å²) in [5, 5.41) is 15.9. The van der Waals surface area contributed by atoms with Gasteiger partial charge in [0.05, 0.1) is 12.7 Å². The molecule has 0 saturated carbocycles. The lowest BCUT2D eigenvalue weighted by Gasteiger charge is -2.16. The number of likely N-dealkylation sites (tertiary alicyclic amines) is 1. The first kappa shape index (κ1) is 21.5. The van der Waals surface area contributed by atoms with Crippen LogP contribution in [0.3, 0.4) is 0 Å². The number of benzene rings is 1. The van der Waals surface area contributed by atoms with Crippen LogP contribution in [0, 0.1) is 6.92 Å². The van der Waals surface area contributed by atoms with Gasteiger partial charge in [-0.25, -0.2) is 18.6 Å². The van der Waals surface area contributed by atoms with Crippen molar-refractivity contribution in [2.45, 2.75) is 25.3 Å². The Morgan fingerprint density at radius 1 is 1.26 bits per heavy atom. The third-order valence-electron chi connectivity index (χ3n) is 5.64. The second-order valence-electron chi connectivity index (χ2n) is 8.00. The smallest absolute Gasteiger partial charge is 0.408 e. The molecule has 174 valence electrons. The number of hydrogen-bond acceptors (Lipinski definition) is 6. The van der Waals surface area contributed by atoms with Gasteiger partial charge in [0.1, 0.15) is 17.4 Å². The number of aromatic nitrogens is 4. The Kier molecular flexibility index (Phi) is 5.00. The average molecular weight is 468 g/mol. The summed E-state index contributed by atoms with van der Waals surface area (Å²) in [5.74, 6) is -3.69. The Hall–Kier alpha value is -4.35. The van der Waals surface area contributed by atoms with E-state index in [1.165, 1.54) is 6.20 Å². The molecule has 1 aliphatic heterocycles. The lowest BCUT2D eigenvalue weighted by molar-refractivity contribution is 0.0125. The van der Waals surface area contributed by atoms with Gasteiger partial charge in [-0.2, -0.15) is 4.98 Å². The van der Waals surface area contributed by atoms with Crippen LogP contribution in [-0.4, -0.2) is 54.0 Å². The first-order chi connectivity index (χ1) is 16.2. The van der Waals surface area contributed by atoms with Crippen LogP contribution >= 0.6 is 0 Å². The van der Waals surface area contributed by atoms with Crippen molar-refractivity contribution < 1.29 is 28.0 Å². The second-order valence-corrected chi connectivity index (χ2v) is 8.00. The third kappa shape index (κ3) is 3.83. The molecule has 1 aromatic carbocycles. The number of carbonyl (C=O) groups excluding carboxylic acids is 1. The summed E-state index contributed by atoms with van der Waals surface area (Å²) in [5.41, 5.74) is 2.69. The molecule has 3 aromatic heterocycles. The average Bonchev–Trinajstić information content (AvgIpc) is 3.51. The van der Waals surface area contributed by atoms with Crippen molar-refractivity contribution in [3.8, 4) is 11.4 Å². The highest BCUT2D eigenvalue weighted by atomic mass is 19.3. The van der Waals surface area contributed by atoms with Gasteiger partial charge in [-0.1, -0.05) is 23.4 Å². The lowest BCUT2D eigenvalue weighted by atomic mass is 10.1. The maximum Gasteiger partial charge on any atom is 0.408 e. The Morgan fingerprint density at radius 3 is 2.88 bits per heavy atom. The van der Waals surface area contributed by atoms with Crippen LogP contribution in [0.1, 0.15) is 34.4 Å². The van der Waals surface area contributed by atoms with Gasteiger partial charge < -0.3 is 14.9 Å². The summed E-state index contributed by atoms with van der Waals surface area (Å²) >= 11 is 0. The minimum absolute atomic E-state index is 0.0841. The van der Waals surface area contributed by atoms with Gasteiger partial charge >= 0.3 is 6.09 Å². The van der Waals surface area contributed by atoms with E-state index in [1.54, 1.807) is 47.9 Å². The van der Waals surface area contributed by atoms with E-state index in [0.717, 1.165) is 5.56 Å². The molecule has 2 amide bonds. The van der Waals surface area contributed by atoms with Crippen LogP contribution in [0.5, 0.6) is 0 Å².